The van der Waals surface area contributed by atoms with E-state index in [-0.39, 0.29) is 28.6 Å². The van der Waals surface area contributed by atoms with Crippen molar-refractivity contribution in [1.82, 2.24) is 19.6 Å². The van der Waals surface area contributed by atoms with Crippen LogP contribution < -0.4 is 0 Å². The van der Waals surface area contributed by atoms with Crippen LogP contribution in [0.5, 0.6) is 0 Å². The Kier molecular flexibility index (Phi) is 5.98. The van der Waals surface area contributed by atoms with E-state index in [1.807, 2.05) is 9.80 Å². The largest absolute Gasteiger partial charge is 0.338 e. The lowest BCUT2D eigenvalue weighted by atomic mass is 9.88. The minimum Gasteiger partial charge on any atom is -0.338 e. The van der Waals surface area contributed by atoms with Gasteiger partial charge < -0.3 is 14.7 Å². The highest BCUT2D eigenvalue weighted by Crippen LogP contribution is 2.35. The summed E-state index contributed by atoms with van der Waals surface area (Å²) < 4.78 is 0. The van der Waals surface area contributed by atoms with Crippen molar-refractivity contribution in [3.8, 4) is 0 Å². The molecule has 1 atom stereocenters. The highest BCUT2D eigenvalue weighted by molar-refractivity contribution is 5.79. The van der Waals surface area contributed by atoms with Crippen LogP contribution in [0.2, 0.25) is 0 Å². The summed E-state index contributed by atoms with van der Waals surface area (Å²) in [5, 5.41) is 0. The number of hydrogen-bond donors (Lipinski definition) is 0. The molecule has 166 valence electrons. The van der Waals surface area contributed by atoms with E-state index >= 15 is 0 Å². The molecule has 0 aromatic carbocycles. The molecule has 3 aliphatic heterocycles. The smallest absolute Gasteiger partial charge is 0.320 e. The van der Waals surface area contributed by atoms with Crippen molar-refractivity contribution in [2.45, 2.75) is 90.8 Å². The predicted molar refractivity (Wildman–Crippen MR) is 117 cm³/mol. The Labute approximate surface area is 177 Å². The van der Waals surface area contributed by atoms with Crippen molar-refractivity contribution in [3.05, 3.63) is 0 Å². The number of hydrogen-bond acceptors (Lipinski definition) is 3. The van der Waals surface area contributed by atoms with Crippen LogP contribution in [0, 0.1) is 5.92 Å². The van der Waals surface area contributed by atoms with Crippen LogP contribution in [0.15, 0.2) is 0 Å². The number of carbonyl (C=O) groups excluding carboxylic acids is 2. The van der Waals surface area contributed by atoms with Crippen molar-refractivity contribution in [2.75, 3.05) is 39.3 Å². The standard InChI is InChI=1S/C23H42N4O2/c1-21(2,3)27-16-18(14-19(27)28)15-22(4,5)26-13-12-24(20(26)29)17-23(6,7)25-10-8-9-11-25/h18H,8-17H2,1-7H3. The molecule has 0 aromatic heterocycles. The average molecular weight is 407 g/mol. The Morgan fingerprint density at radius 1 is 0.828 bits per heavy atom. The zero-order valence-corrected chi connectivity index (χ0v) is 19.8. The molecule has 1 unspecified atom stereocenters. The summed E-state index contributed by atoms with van der Waals surface area (Å²) in [5.41, 5.74) is -0.336. The van der Waals surface area contributed by atoms with Crippen LogP contribution >= 0.6 is 0 Å². The van der Waals surface area contributed by atoms with E-state index in [2.05, 4.69) is 58.3 Å². The summed E-state index contributed by atoms with van der Waals surface area (Å²) >= 11 is 0. The molecule has 3 saturated heterocycles. The summed E-state index contributed by atoms with van der Waals surface area (Å²) in [6.45, 7) is 20.6. The molecule has 3 amide bonds. The second kappa shape index (κ2) is 7.75. The molecule has 0 aromatic rings. The van der Waals surface area contributed by atoms with Crippen LogP contribution in [0.25, 0.3) is 0 Å². The third kappa shape index (κ3) is 4.73. The Morgan fingerprint density at radius 3 is 2.00 bits per heavy atom. The molecule has 0 saturated carbocycles. The van der Waals surface area contributed by atoms with Crippen molar-refractivity contribution in [2.24, 2.45) is 5.92 Å². The van der Waals surface area contributed by atoms with E-state index in [1.165, 1.54) is 12.8 Å². The zero-order valence-electron chi connectivity index (χ0n) is 19.8. The predicted octanol–water partition coefficient (Wildman–Crippen LogP) is 3.41. The van der Waals surface area contributed by atoms with Gasteiger partial charge in [-0.2, -0.15) is 0 Å². The first kappa shape index (κ1) is 22.4. The molecule has 29 heavy (non-hydrogen) atoms. The van der Waals surface area contributed by atoms with E-state index in [9.17, 15) is 9.59 Å². The van der Waals surface area contributed by atoms with Gasteiger partial charge in [0, 0.05) is 49.2 Å². The van der Waals surface area contributed by atoms with Crippen LogP contribution in [0.4, 0.5) is 4.79 Å². The van der Waals surface area contributed by atoms with Crippen molar-refractivity contribution in [3.63, 3.8) is 0 Å². The molecule has 3 heterocycles. The van der Waals surface area contributed by atoms with Gasteiger partial charge >= 0.3 is 6.03 Å². The fourth-order valence-corrected chi connectivity index (χ4v) is 5.56. The minimum absolute atomic E-state index is 0.0252. The maximum Gasteiger partial charge on any atom is 0.320 e. The molecule has 0 spiro atoms. The number of rotatable bonds is 6. The molecule has 0 N–H and O–H groups in total. The van der Waals surface area contributed by atoms with Gasteiger partial charge in [-0.3, -0.25) is 9.69 Å². The topological polar surface area (TPSA) is 47.1 Å². The lowest BCUT2D eigenvalue weighted by molar-refractivity contribution is -0.131. The highest BCUT2D eigenvalue weighted by Gasteiger charge is 2.44. The van der Waals surface area contributed by atoms with Crippen molar-refractivity contribution < 1.29 is 9.59 Å². The molecule has 0 radical (unpaired) electrons. The number of likely N-dealkylation sites (tertiary alicyclic amines) is 2. The summed E-state index contributed by atoms with van der Waals surface area (Å²) in [6, 6.07) is 0.166. The first-order chi connectivity index (χ1) is 13.3. The average Bonchev–Trinajstić information content (AvgIpc) is 3.28. The number of urea groups is 1. The molecule has 0 bridgehead atoms. The highest BCUT2D eigenvalue weighted by atomic mass is 16.2. The lowest BCUT2D eigenvalue weighted by Gasteiger charge is -2.40. The maximum absolute atomic E-state index is 13.3. The molecular formula is C23H42N4O2. The van der Waals surface area contributed by atoms with Gasteiger partial charge in [0.05, 0.1) is 0 Å². The van der Waals surface area contributed by atoms with E-state index in [4.69, 9.17) is 0 Å². The van der Waals surface area contributed by atoms with Gasteiger partial charge in [0.2, 0.25) is 5.91 Å². The molecule has 6 heteroatoms. The Hall–Kier alpha value is -1.30. The Morgan fingerprint density at radius 2 is 1.45 bits per heavy atom. The van der Waals surface area contributed by atoms with Gasteiger partial charge in [-0.15, -0.1) is 0 Å². The van der Waals surface area contributed by atoms with Crippen molar-refractivity contribution in [1.29, 1.82) is 0 Å². The fraction of sp³-hybridized carbons (Fsp3) is 0.913. The third-order valence-electron chi connectivity index (χ3n) is 7.17. The molecular weight excluding hydrogens is 364 g/mol. The molecule has 3 fully saturated rings. The second-order valence-corrected chi connectivity index (χ2v) is 11.6. The van der Waals surface area contributed by atoms with Gasteiger partial charge in [0.1, 0.15) is 0 Å². The quantitative estimate of drug-likeness (QED) is 0.679. The normalized spacial score (nSPS) is 25.1. The van der Waals surface area contributed by atoms with Crippen LogP contribution in [0.1, 0.15) is 74.1 Å². The summed E-state index contributed by atoms with van der Waals surface area (Å²) in [4.78, 5) is 34.4. The SMILES string of the molecule is CC(C)(C)N1CC(CC(C)(C)N2CCN(CC(C)(C)N3CCCC3)C2=O)CC1=O. The van der Waals surface area contributed by atoms with Crippen LogP contribution in [-0.4, -0.2) is 87.4 Å². The first-order valence-corrected chi connectivity index (χ1v) is 11.4. The maximum atomic E-state index is 13.3. The number of carbonyl (C=O) groups is 2. The van der Waals surface area contributed by atoms with E-state index in [0.717, 1.165) is 45.7 Å². The van der Waals surface area contributed by atoms with Gasteiger partial charge in [-0.1, -0.05) is 0 Å². The molecule has 0 aliphatic carbocycles. The van der Waals surface area contributed by atoms with Crippen molar-refractivity contribution >= 4 is 11.9 Å². The van der Waals surface area contributed by atoms with E-state index < -0.39 is 0 Å². The second-order valence-electron chi connectivity index (χ2n) is 11.6. The first-order valence-electron chi connectivity index (χ1n) is 11.4. The Bertz CT molecular complexity index is 631. The summed E-state index contributed by atoms with van der Waals surface area (Å²) in [7, 11) is 0. The zero-order chi connectivity index (χ0) is 21.6. The van der Waals surface area contributed by atoms with E-state index in [1.54, 1.807) is 0 Å². The van der Waals surface area contributed by atoms with Gasteiger partial charge in [0.15, 0.2) is 0 Å². The summed E-state index contributed by atoms with van der Waals surface area (Å²) in [6.07, 6.45) is 4.01. The van der Waals surface area contributed by atoms with Crippen LogP contribution in [0.3, 0.4) is 0 Å². The Balaban J connectivity index is 1.60. The van der Waals surface area contributed by atoms with Gasteiger partial charge in [0.25, 0.3) is 0 Å². The number of nitrogens with zero attached hydrogens (tertiary/aromatic N) is 4. The van der Waals surface area contributed by atoms with Gasteiger partial charge in [-0.05, 0) is 86.7 Å². The third-order valence-corrected chi connectivity index (χ3v) is 7.17. The summed E-state index contributed by atoms with van der Waals surface area (Å²) in [5.74, 6) is 0.569. The van der Waals surface area contributed by atoms with Gasteiger partial charge in [-0.25, -0.2) is 4.79 Å². The number of amides is 3. The molecule has 3 aliphatic rings. The molecule has 3 rings (SSSR count). The lowest BCUT2D eigenvalue weighted by Crippen LogP contribution is -2.53. The minimum atomic E-state index is -0.234. The molecule has 6 nitrogen and oxygen atoms in total. The van der Waals surface area contributed by atoms with Crippen LogP contribution in [-0.2, 0) is 4.79 Å². The fourth-order valence-electron chi connectivity index (χ4n) is 5.56. The van der Waals surface area contributed by atoms with E-state index in [0.29, 0.717) is 12.3 Å². The monoisotopic (exact) mass is 406 g/mol.